The van der Waals surface area contributed by atoms with Gasteiger partial charge in [0.2, 0.25) is 11.8 Å². The maximum atomic E-state index is 13.2. The summed E-state index contributed by atoms with van der Waals surface area (Å²) in [6, 6.07) is 21.0. The van der Waals surface area contributed by atoms with Crippen LogP contribution in [-0.4, -0.2) is 33.7 Å². The quantitative estimate of drug-likeness (QED) is 0.349. The number of thioether (sulfide) groups is 1. The van der Waals surface area contributed by atoms with Crippen LogP contribution in [0.25, 0.3) is 0 Å². The first-order valence-electron chi connectivity index (χ1n) is 11.5. The van der Waals surface area contributed by atoms with Crippen LogP contribution in [0.5, 0.6) is 0 Å². The molecule has 3 aromatic rings. The number of amides is 2. The van der Waals surface area contributed by atoms with Gasteiger partial charge in [-0.05, 0) is 54.8 Å². The lowest BCUT2D eigenvalue weighted by atomic mass is 10.1. The van der Waals surface area contributed by atoms with Crippen molar-refractivity contribution in [2.75, 3.05) is 11.9 Å². The molecule has 2 amide bonds. The van der Waals surface area contributed by atoms with Crippen molar-refractivity contribution >= 4 is 51.7 Å². The van der Waals surface area contributed by atoms with E-state index in [-0.39, 0.29) is 23.2 Å². The molecule has 1 N–H and O–H groups in total. The third kappa shape index (κ3) is 7.36. The summed E-state index contributed by atoms with van der Waals surface area (Å²) < 4.78 is 39.7. The van der Waals surface area contributed by atoms with E-state index < -0.39 is 22.9 Å². The van der Waals surface area contributed by atoms with Crippen molar-refractivity contribution in [3.8, 4) is 0 Å². The van der Waals surface area contributed by atoms with Gasteiger partial charge >= 0.3 is 6.18 Å². The SMILES string of the molecule is O=C(Nc1cccc(Cl)c1)C1CC(=O)N(CCCc2ccccc2)C(=Nc2cccc(C(F)(F)F)c2)S1. The van der Waals surface area contributed by atoms with E-state index >= 15 is 0 Å². The van der Waals surface area contributed by atoms with Crippen molar-refractivity contribution in [2.45, 2.75) is 30.7 Å². The Labute approximate surface area is 221 Å². The Morgan fingerprint density at radius 1 is 1.05 bits per heavy atom. The van der Waals surface area contributed by atoms with Gasteiger partial charge in [-0.25, -0.2) is 4.99 Å². The number of aliphatic imine (C=N–C) groups is 1. The Hall–Kier alpha value is -3.30. The number of anilines is 1. The van der Waals surface area contributed by atoms with E-state index in [0.717, 1.165) is 29.5 Å². The van der Waals surface area contributed by atoms with Gasteiger partial charge in [-0.15, -0.1) is 0 Å². The number of carbonyl (C=O) groups is 2. The zero-order chi connectivity index (χ0) is 26.4. The number of hydrogen-bond donors (Lipinski definition) is 1. The predicted octanol–water partition coefficient (Wildman–Crippen LogP) is 6.95. The molecule has 5 nitrogen and oxygen atoms in total. The number of rotatable bonds is 7. The first-order chi connectivity index (χ1) is 17.7. The summed E-state index contributed by atoms with van der Waals surface area (Å²) in [6.45, 7) is 0.321. The van der Waals surface area contributed by atoms with Crippen molar-refractivity contribution in [3.05, 3.63) is 95.0 Å². The number of alkyl halides is 3. The van der Waals surface area contributed by atoms with Crippen LogP contribution in [-0.2, 0) is 22.2 Å². The largest absolute Gasteiger partial charge is 0.416 e. The number of benzene rings is 3. The van der Waals surface area contributed by atoms with Gasteiger partial charge < -0.3 is 5.32 Å². The standard InChI is InChI=1S/C27H23ClF3N3O2S/c28-20-11-5-13-22(16-20)32-25(36)23-17-24(35)34(14-6-9-18-7-2-1-3-8-18)26(37-23)33-21-12-4-10-19(15-21)27(29,30)31/h1-5,7-8,10-13,15-16,23H,6,9,14,17H2,(H,32,36). The third-order valence-corrected chi connectivity index (χ3v) is 7.04. The number of aryl methyl sites for hydroxylation is 1. The van der Waals surface area contributed by atoms with E-state index in [1.807, 2.05) is 30.3 Å². The maximum Gasteiger partial charge on any atom is 0.416 e. The van der Waals surface area contributed by atoms with Gasteiger partial charge in [0.1, 0.15) is 5.25 Å². The van der Waals surface area contributed by atoms with Crippen molar-refractivity contribution in [2.24, 2.45) is 4.99 Å². The minimum atomic E-state index is -4.53. The van der Waals surface area contributed by atoms with Crippen LogP contribution in [0.1, 0.15) is 24.0 Å². The van der Waals surface area contributed by atoms with Gasteiger partial charge in [-0.2, -0.15) is 13.2 Å². The van der Waals surface area contributed by atoms with E-state index in [4.69, 9.17) is 11.6 Å². The molecule has 0 aliphatic carbocycles. The second-order valence-electron chi connectivity index (χ2n) is 8.39. The lowest BCUT2D eigenvalue weighted by molar-refractivity contribution is -0.137. The van der Waals surface area contributed by atoms with Gasteiger partial charge in [0, 0.05) is 23.7 Å². The molecule has 1 unspecified atom stereocenters. The number of nitrogens with one attached hydrogen (secondary N) is 1. The second kappa shape index (κ2) is 11.8. The number of halogens is 4. The molecule has 0 saturated carbocycles. The maximum absolute atomic E-state index is 13.2. The normalized spacial score (nSPS) is 17.2. The predicted molar refractivity (Wildman–Crippen MR) is 141 cm³/mol. The number of hydrogen-bond acceptors (Lipinski definition) is 4. The summed E-state index contributed by atoms with van der Waals surface area (Å²) in [5.41, 5.74) is 0.795. The Kier molecular flexibility index (Phi) is 8.56. The Bertz CT molecular complexity index is 1300. The summed E-state index contributed by atoms with van der Waals surface area (Å²) in [5, 5.41) is 2.58. The van der Waals surface area contributed by atoms with Crippen LogP contribution < -0.4 is 5.32 Å². The molecule has 37 heavy (non-hydrogen) atoms. The first-order valence-corrected chi connectivity index (χ1v) is 12.8. The molecular weight excluding hydrogens is 523 g/mol. The van der Waals surface area contributed by atoms with Crippen LogP contribution in [0, 0.1) is 0 Å². The average Bonchev–Trinajstić information content (AvgIpc) is 2.86. The summed E-state index contributed by atoms with van der Waals surface area (Å²) in [6.07, 6.45) is -3.26. The average molecular weight is 546 g/mol. The summed E-state index contributed by atoms with van der Waals surface area (Å²) in [4.78, 5) is 31.9. The lowest BCUT2D eigenvalue weighted by Gasteiger charge is -2.32. The molecule has 0 radical (unpaired) electrons. The molecule has 192 valence electrons. The van der Waals surface area contributed by atoms with E-state index in [9.17, 15) is 22.8 Å². The van der Waals surface area contributed by atoms with Crippen LogP contribution in [0.15, 0.2) is 83.9 Å². The number of carbonyl (C=O) groups excluding carboxylic acids is 2. The highest BCUT2D eigenvalue weighted by molar-refractivity contribution is 8.15. The molecule has 1 atom stereocenters. The molecule has 0 spiro atoms. The second-order valence-corrected chi connectivity index (χ2v) is 9.99. The Morgan fingerprint density at radius 2 is 1.81 bits per heavy atom. The molecule has 0 aromatic heterocycles. The highest BCUT2D eigenvalue weighted by Gasteiger charge is 2.36. The van der Waals surface area contributed by atoms with Gasteiger partial charge in [0.05, 0.1) is 11.3 Å². The Morgan fingerprint density at radius 3 is 2.54 bits per heavy atom. The van der Waals surface area contributed by atoms with Crippen LogP contribution in [0.3, 0.4) is 0 Å². The van der Waals surface area contributed by atoms with Crippen LogP contribution in [0.4, 0.5) is 24.5 Å². The Balaban J connectivity index is 1.56. The number of amidine groups is 1. The molecular formula is C27H23ClF3N3O2S. The molecule has 3 aromatic carbocycles. The van der Waals surface area contributed by atoms with Crippen molar-refractivity contribution in [3.63, 3.8) is 0 Å². The van der Waals surface area contributed by atoms with E-state index in [1.165, 1.54) is 17.0 Å². The van der Waals surface area contributed by atoms with Crippen molar-refractivity contribution in [1.29, 1.82) is 0 Å². The monoisotopic (exact) mass is 545 g/mol. The van der Waals surface area contributed by atoms with E-state index in [1.54, 1.807) is 24.3 Å². The molecule has 1 saturated heterocycles. The zero-order valence-corrected chi connectivity index (χ0v) is 21.1. The lowest BCUT2D eigenvalue weighted by Crippen LogP contribution is -2.45. The molecule has 1 heterocycles. The zero-order valence-electron chi connectivity index (χ0n) is 19.5. The van der Waals surface area contributed by atoms with Crippen molar-refractivity contribution < 1.29 is 22.8 Å². The van der Waals surface area contributed by atoms with E-state index in [2.05, 4.69) is 10.3 Å². The first kappa shape index (κ1) is 26.8. The van der Waals surface area contributed by atoms with Crippen LogP contribution in [0.2, 0.25) is 5.02 Å². The summed E-state index contributed by atoms with van der Waals surface area (Å²) in [7, 11) is 0. The van der Waals surface area contributed by atoms with Crippen molar-refractivity contribution in [1.82, 2.24) is 4.90 Å². The smallest absolute Gasteiger partial charge is 0.325 e. The van der Waals surface area contributed by atoms with E-state index in [0.29, 0.717) is 30.1 Å². The highest BCUT2D eigenvalue weighted by atomic mass is 35.5. The topological polar surface area (TPSA) is 61.8 Å². The number of nitrogens with zero attached hydrogens (tertiary/aromatic N) is 2. The summed E-state index contributed by atoms with van der Waals surface area (Å²) in [5.74, 6) is -0.731. The minimum Gasteiger partial charge on any atom is -0.325 e. The fourth-order valence-electron chi connectivity index (χ4n) is 3.80. The summed E-state index contributed by atoms with van der Waals surface area (Å²) >= 11 is 7.05. The molecule has 1 fully saturated rings. The third-order valence-electron chi connectivity index (χ3n) is 5.61. The highest BCUT2D eigenvalue weighted by Crippen LogP contribution is 2.34. The molecule has 4 rings (SSSR count). The van der Waals surface area contributed by atoms with Gasteiger partial charge in [0.15, 0.2) is 5.17 Å². The fraction of sp³-hybridized carbons (Fsp3) is 0.222. The molecule has 0 bridgehead atoms. The van der Waals surface area contributed by atoms with Gasteiger partial charge in [-0.1, -0.05) is 65.8 Å². The van der Waals surface area contributed by atoms with Gasteiger partial charge in [0.25, 0.3) is 0 Å². The van der Waals surface area contributed by atoms with Gasteiger partial charge in [-0.3, -0.25) is 14.5 Å². The molecule has 10 heteroatoms. The minimum absolute atomic E-state index is 0.0501. The van der Waals surface area contributed by atoms with Crippen LogP contribution >= 0.6 is 23.4 Å². The molecule has 1 aliphatic rings. The fourth-order valence-corrected chi connectivity index (χ4v) is 5.11. The molecule has 1 aliphatic heterocycles.